The lowest BCUT2D eigenvalue weighted by Crippen LogP contribution is -2.01. The van der Waals surface area contributed by atoms with Crippen LogP contribution in [0.1, 0.15) is 21.6 Å². The van der Waals surface area contributed by atoms with Gasteiger partial charge in [-0.15, -0.1) is 0 Å². The smallest absolute Gasteiger partial charge is 0.267 e. The highest BCUT2D eigenvalue weighted by Gasteiger charge is 2.20. The van der Waals surface area contributed by atoms with Crippen LogP contribution in [0.2, 0.25) is 0 Å². The second kappa shape index (κ2) is 3.46. The van der Waals surface area contributed by atoms with E-state index in [9.17, 15) is 4.79 Å². The number of nitrogens with zero attached hydrogens (tertiary/aromatic N) is 2. The fraction of sp³-hybridized carbons (Fsp3) is 0.100. The summed E-state index contributed by atoms with van der Waals surface area (Å²) in [6.07, 6.45) is 4.36. The third-order valence-electron chi connectivity index (χ3n) is 2.12. The first-order chi connectivity index (χ1) is 6.74. The van der Waals surface area contributed by atoms with Gasteiger partial charge in [0.1, 0.15) is 0 Å². The number of hydrogen-bond acceptors (Lipinski definition) is 2. The van der Waals surface area contributed by atoms with Crippen LogP contribution in [0.3, 0.4) is 0 Å². The van der Waals surface area contributed by atoms with E-state index in [0.29, 0.717) is 5.56 Å². The molecule has 0 aromatic carbocycles. The lowest BCUT2D eigenvalue weighted by molar-refractivity contribution is 0.100. The van der Waals surface area contributed by atoms with Gasteiger partial charge in [0.05, 0.1) is 11.3 Å². The summed E-state index contributed by atoms with van der Waals surface area (Å²) in [6, 6.07) is 1.66. The van der Waals surface area contributed by atoms with Gasteiger partial charge in [-0.2, -0.15) is 0 Å². The first-order valence-corrected chi connectivity index (χ1v) is 4.88. The van der Waals surface area contributed by atoms with E-state index >= 15 is 0 Å². The van der Waals surface area contributed by atoms with Crippen molar-refractivity contribution in [3.63, 3.8) is 0 Å². The number of aliphatic imine (C=N–C) groups is 1. The van der Waals surface area contributed by atoms with Crippen LogP contribution in [-0.2, 0) is 6.42 Å². The molecule has 0 spiro atoms. The van der Waals surface area contributed by atoms with Crippen molar-refractivity contribution >= 4 is 33.0 Å². The second-order valence-electron chi connectivity index (χ2n) is 2.90. The van der Waals surface area contributed by atoms with Crippen LogP contribution in [-0.4, -0.2) is 17.6 Å². The van der Waals surface area contributed by atoms with E-state index in [1.165, 1.54) is 0 Å². The van der Waals surface area contributed by atoms with Crippen LogP contribution in [0, 0.1) is 0 Å². The van der Waals surface area contributed by atoms with Crippen LogP contribution < -0.4 is 0 Å². The second-order valence-corrected chi connectivity index (χ2v) is 3.75. The van der Waals surface area contributed by atoms with Crippen molar-refractivity contribution in [2.45, 2.75) is 6.42 Å². The molecular weight excluding hydrogens is 244 g/mol. The highest BCUT2D eigenvalue weighted by molar-refractivity contribution is 9.15. The Morgan fingerprint density at radius 3 is 3.14 bits per heavy atom. The SMILES string of the molecule is C=NC(=O)c1ccnc2c1C(Br)=CC2. The predicted octanol–water partition coefficient (Wildman–Crippen LogP) is 2.21. The number of carbonyl (C=O) groups is 1. The zero-order valence-corrected chi connectivity index (χ0v) is 8.91. The average Bonchev–Trinajstić information content (AvgIpc) is 2.59. The van der Waals surface area contributed by atoms with Crippen LogP contribution in [0.15, 0.2) is 23.3 Å². The monoisotopic (exact) mass is 250 g/mol. The van der Waals surface area contributed by atoms with Crippen LogP contribution in [0.4, 0.5) is 0 Å². The number of fused-ring (bicyclic) bond motifs is 1. The van der Waals surface area contributed by atoms with E-state index in [4.69, 9.17) is 0 Å². The summed E-state index contributed by atoms with van der Waals surface area (Å²) in [5, 5.41) is 0. The zero-order valence-electron chi connectivity index (χ0n) is 7.33. The summed E-state index contributed by atoms with van der Waals surface area (Å²) in [5.41, 5.74) is 2.32. The van der Waals surface area contributed by atoms with Gasteiger partial charge in [-0.1, -0.05) is 22.0 Å². The molecule has 70 valence electrons. The van der Waals surface area contributed by atoms with Crippen LogP contribution in [0.5, 0.6) is 0 Å². The lowest BCUT2D eigenvalue weighted by Gasteiger charge is -2.04. The normalized spacial score (nSPS) is 13.4. The fourth-order valence-electron chi connectivity index (χ4n) is 1.48. The van der Waals surface area contributed by atoms with Gasteiger partial charge in [-0.05, 0) is 12.8 Å². The van der Waals surface area contributed by atoms with Gasteiger partial charge in [-0.25, -0.2) is 4.99 Å². The van der Waals surface area contributed by atoms with E-state index in [0.717, 1.165) is 22.2 Å². The summed E-state index contributed by atoms with van der Waals surface area (Å²) >= 11 is 3.39. The number of pyridine rings is 1. The van der Waals surface area contributed by atoms with Crippen molar-refractivity contribution in [2.75, 3.05) is 0 Å². The Kier molecular flexibility index (Phi) is 2.29. The number of carbonyl (C=O) groups excluding carboxylic acids is 1. The predicted molar refractivity (Wildman–Crippen MR) is 58.7 cm³/mol. The van der Waals surface area contributed by atoms with Crippen molar-refractivity contribution in [1.29, 1.82) is 0 Å². The molecule has 1 amide bonds. The number of hydrogen-bond donors (Lipinski definition) is 0. The third kappa shape index (κ3) is 1.32. The standard InChI is InChI=1S/C10H7BrN2O/c1-12-10(14)6-4-5-13-8-3-2-7(11)9(6)8/h2,4-5H,1,3H2. The molecule has 1 aromatic rings. The summed E-state index contributed by atoms with van der Waals surface area (Å²) in [6.45, 7) is 3.23. The Labute approximate surface area is 89.7 Å². The van der Waals surface area contributed by atoms with Gasteiger partial charge in [-0.3, -0.25) is 9.78 Å². The van der Waals surface area contributed by atoms with Crippen molar-refractivity contribution in [3.05, 3.63) is 35.2 Å². The number of halogens is 1. The topological polar surface area (TPSA) is 42.3 Å². The molecule has 1 aliphatic rings. The first kappa shape index (κ1) is 9.27. The summed E-state index contributed by atoms with van der Waals surface area (Å²) in [7, 11) is 0. The molecule has 0 saturated heterocycles. The molecule has 3 nitrogen and oxygen atoms in total. The molecular formula is C10H7BrN2O. The molecule has 4 heteroatoms. The Balaban J connectivity index is 2.63. The van der Waals surface area contributed by atoms with Crippen molar-refractivity contribution in [2.24, 2.45) is 4.99 Å². The Hall–Kier alpha value is -1.29. The van der Waals surface area contributed by atoms with Gasteiger partial charge in [0.15, 0.2) is 0 Å². The fourth-order valence-corrected chi connectivity index (χ4v) is 2.08. The highest BCUT2D eigenvalue weighted by atomic mass is 79.9. The maximum absolute atomic E-state index is 11.4. The molecule has 1 aliphatic carbocycles. The van der Waals surface area contributed by atoms with E-state index < -0.39 is 0 Å². The van der Waals surface area contributed by atoms with Crippen LogP contribution >= 0.6 is 15.9 Å². The van der Waals surface area contributed by atoms with Crippen molar-refractivity contribution in [3.8, 4) is 0 Å². The van der Waals surface area contributed by atoms with Crippen LogP contribution in [0.25, 0.3) is 4.48 Å². The molecule has 0 unspecified atom stereocenters. The van der Waals surface area contributed by atoms with Gasteiger partial charge < -0.3 is 0 Å². The number of allylic oxidation sites excluding steroid dienone is 1. The largest absolute Gasteiger partial charge is 0.277 e. The van der Waals surface area contributed by atoms with E-state index in [-0.39, 0.29) is 5.91 Å². The summed E-state index contributed by atoms with van der Waals surface area (Å²) < 4.78 is 0.910. The van der Waals surface area contributed by atoms with E-state index in [2.05, 4.69) is 32.6 Å². The molecule has 2 rings (SSSR count). The number of rotatable bonds is 1. The molecule has 0 fully saturated rings. The highest BCUT2D eigenvalue weighted by Crippen LogP contribution is 2.33. The van der Waals surface area contributed by atoms with E-state index in [1.807, 2.05) is 6.08 Å². The molecule has 0 atom stereocenters. The number of amides is 1. The lowest BCUT2D eigenvalue weighted by atomic mass is 10.1. The first-order valence-electron chi connectivity index (χ1n) is 4.09. The molecule has 0 saturated carbocycles. The minimum Gasteiger partial charge on any atom is -0.267 e. The minimum absolute atomic E-state index is 0.309. The molecule has 0 N–H and O–H groups in total. The van der Waals surface area contributed by atoms with Gasteiger partial charge in [0.25, 0.3) is 5.91 Å². The maximum atomic E-state index is 11.4. The zero-order chi connectivity index (χ0) is 10.1. The van der Waals surface area contributed by atoms with Gasteiger partial charge >= 0.3 is 0 Å². The molecule has 14 heavy (non-hydrogen) atoms. The van der Waals surface area contributed by atoms with E-state index in [1.54, 1.807) is 12.3 Å². The summed E-state index contributed by atoms with van der Waals surface area (Å²) in [4.78, 5) is 19.0. The molecule has 1 aromatic heterocycles. The molecule has 1 heterocycles. The Bertz CT molecular complexity index is 451. The Morgan fingerprint density at radius 2 is 2.43 bits per heavy atom. The minimum atomic E-state index is -0.309. The third-order valence-corrected chi connectivity index (χ3v) is 2.84. The quantitative estimate of drug-likeness (QED) is 0.718. The molecule has 0 aliphatic heterocycles. The van der Waals surface area contributed by atoms with Gasteiger partial charge in [0, 0.05) is 22.7 Å². The molecule has 0 bridgehead atoms. The average molecular weight is 251 g/mol. The van der Waals surface area contributed by atoms with Gasteiger partial charge in [0.2, 0.25) is 0 Å². The number of aromatic nitrogens is 1. The maximum Gasteiger partial charge on any atom is 0.277 e. The molecule has 0 radical (unpaired) electrons. The summed E-state index contributed by atoms with van der Waals surface area (Å²) in [5.74, 6) is -0.309. The Morgan fingerprint density at radius 1 is 1.64 bits per heavy atom. The van der Waals surface area contributed by atoms with Crippen molar-refractivity contribution in [1.82, 2.24) is 4.98 Å². The van der Waals surface area contributed by atoms with Crippen molar-refractivity contribution < 1.29 is 4.79 Å².